The molecule has 7 nitrogen and oxygen atoms in total. The summed E-state index contributed by atoms with van der Waals surface area (Å²) in [5.74, 6) is -0.887. The van der Waals surface area contributed by atoms with E-state index < -0.39 is 12.1 Å². The molecule has 1 N–H and O–H groups in total. The van der Waals surface area contributed by atoms with Crippen LogP contribution in [-0.2, 0) is 11.2 Å². The van der Waals surface area contributed by atoms with Gasteiger partial charge in [-0.3, -0.25) is 14.8 Å². The van der Waals surface area contributed by atoms with Crippen molar-refractivity contribution in [3.05, 3.63) is 71.7 Å². The van der Waals surface area contributed by atoms with Gasteiger partial charge in [0.1, 0.15) is 0 Å². The quantitative estimate of drug-likeness (QED) is 0.685. The third kappa shape index (κ3) is 3.82. The molecule has 4 rings (SSSR count). The molecule has 7 heteroatoms. The maximum atomic E-state index is 12.9. The molecule has 3 heterocycles. The molecule has 1 aromatic carbocycles. The average Bonchev–Trinajstić information content (AvgIpc) is 3.13. The van der Waals surface area contributed by atoms with Crippen LogP contribution in [-0.4, -0.2) is 58.2 Å². The summed E-state index contributed by atoms with van der Waals surface area (Å²) in [7, 11) is 1.28. The van der Waals surface area contributed by atoms with E-state index in [1.54, 1.807) is 11.1 Å². The second-order valence-corrected chi connectivity index (χ2v) is 7.18. The van der Waals surface area contributed by atoms with E-state index in [0.717, 1.165) is 16.5 Å². The monoisotopic (exact) mass is 391 g/mol. The van der Waals surface area contributed by atoms with Crippen molar-refractivity contribution < 1.29 is 19.4 Å². The van der Waals surface area contributed by atoms with Gasteiger partial charge in [-0.25, -0.2) is 4.79 Å². The number of nitrogens with zero attached hydrogens (tertiary/aromatic N) is 3. The second kappa shape index (κ2) is 7.97. The van der Waals surface area contributed by atoms with Gasteiger partial charge in [-0.15, -0.1) is 0 Å². The molecule has 0 saturated carbocycles. The Kier molecular flexibility index (Phi) is 5.22. The van der Waals surface area contributed by atoms with Crippen LogP contribution in [0.1, 0.15) is 26.3 Å². The summed E-state index contributed by atoms with van der Waals surface area (Å²) in [5, 5.41) is 11.6. The third-order valence-corrected chi connectivity index (χ3v) is 5.32. The lowest BCUT2D eigenvalue weighted by Gasteiger charge is -2.17. The average molecular weight is 391 g/mol. The van der Waals surface area contributed by atoms with Crippen LogP contribution in [0, 0.1) is 5.92 Å². The number of hydrogen-bond donors (Lipinski definition) is 1. The van der Waals surface area contributed by atoms with Gasteiger partial charge in [-0.1, -0.05) is 18.2 Å². The van der Waals surface area contributed by atoms with E-state index in [9.17, 15) is 14.7 Å². The summed E-state index contributed by atoms with van der Waals surface area (Å²) in [4.78, 5) is 34.5. The van der Waals surface area contributed by atoms with Gasteiger partial charge in [0, 0.05) is 43.0 Å². The van der Waals surface area contributed by atoms with Crippen molar-refractivity contribution in [2.75, 3.05) is 20.2 Å². The molecule has 1 saturated heterocycles. The number of esters is 1. The van der Waals surface area contributed by atoms with E-state index in [4.69, 9.17) is 0 Å². The molecule has 2 atom stereocenters. The Balaban J connectivity index is 1.51. The van der Waals surface area contributed by atoms with Crippen LogP contribution in [0.4, 0.5) is 0 Å². The third-order valence-electron chi connectivity index (χ3n) is 5.32. The molecule has 0 spiro atoms. The minimum absolute atomic E-state index is 0.0819. The van der Waals surface area contributed by atoms with E-state index in [2.05, 4.69) is 14.7 Å². The van der Waals surface area contributed by atoms with Crippen LogP contribution in [0.3, 0.4) is 0 Å². The summed E-state index contributed by atoms with van der Waals surface area (Å²) >= 11 is 0. The first kappa shape index (κ1) is 19.0. The highest BCUT2D eigenvalue weighted by atomic mass is 16.5. The van der Waals surface area contributed by atoms with E-state index in [0.29, 0.717) is 18.5 Å². The number of fused-ring (bicyclic) bond motifs is 1. The van der Waals surface area contributed by atoms with Gasteiger partial charge < -0.3 is 14.7 Å². The summed E-state index contributed by atoms with van der Waals surface area (Å²) in [6, 6.07) is 11.3. The number of benzene rings is 1. The molecule has 2 aromatic heterocycles. The number of carbonyl (C=O) groups is 2. The van der Waals surface area contributed by atoms with Crippen molar-refractivity contribution in [2.24, 2.45) is 5.92 Å². The van der Waals surface area contributed by atoms with Gasteiger partial charge in [0.05, 0.1) is 29.9 Å². The molecule has 0 aliphatic carbocycles. The van der Waals surface area contributed by atoms with Gasteiger partial charge in [0.2, 0.25) is 0 Å². The number of aromatic nitrogens is 2. The van der Waals surface area contributed by atoms with Crippen molar-refractivity contribution in [1.82, 2.24) is 14.9 Å². The zero-order valence-electron chi connectivity index (χ0n) is 16.0. The molecular formula is C22H21N3O4. The molecule has 1 fully saturated rings. The molecular weight excluding hydrogens is 370 g/mol. The first-order valence-corrected chi connectivity index (χ1v) is 9.40. The molecule has 1 amide bonds. The minimum Gasteiger partial charge on any atom is -0.465 e. The molecule has 0 bridgehead atoms. The summed E-state index contributed by atoms with van der Waals surface area (Å²) in [6.07, 6.45) is 4.58. The van der Waals surface area contributed by atoms with Gasteiger partial charge >= 0.3 is 5.97 Å². The number of methoxy groups -OCH3 is 1. The van der Waals surface area contributed by atoms with Crippen molar-refractivity contribution in [3.63, 3.8) is 0 Å². The van der Waals surface area contributed by atoms with Crippen LogP contribution in [0.15, 0.2) is 55.0 Å². The Morgan fingerprint density at radius 1 is 1.17 bits per heavy atom. The Hall–Kier alpha value is -3.32. The predicted molar refractivity (Wildman–Crippen MR) is 106 cm³/mol. The number of carbonyl (C=O) groups excluding carboxylic acids is 2. The van der Waals surface area contributed by atoms with Gasteiger partial charge in [-0.05, 0) is 30.2 Å². The maximum absolute atomic E-state index is 12.9. The van der Waals surface area contributed by atoms with Crippen LogP contribution in [0.2, 0.25) is 0 Å². The largest absolute Gasteiger partial charge is 0.465 e. The van der Waals surface area contributed by atoms with Gasteiger partial charge in [-0.2, -0.15) is 0 Å². The zero-order valence-corrected chi connectivity index (χ0v) is 16.0. The first-order chi connectivity index (χ1) is 14.1. The number of aliphatic hydroxyl groups excluding tert-OH is 1. The van der Waals surface area contributed by atoms with Crippen LogP contribution >= 0.6 is 0 Å². The van der Waals surface area contributed by atoms with Crippen molar-refractivity contribution in [1.29, 1.82) is 0 Å². The highest BCUT2D eigenvalue weighted by Crippen LogP contribution is 2.26. The summed E-state index contributed by atoms with van der Waals surface area (Å²) < 4.78 is 4.68. The maximum Gasteiger partial charge on any atom is 0.339 e. The van der Waals surface area contributed by atoms with Crippen LogP contribution in [0.25, 0.3) is 10.9 Å². The standard InChI is InChI=1S/C22H21N3O4/c1-29-22(28)16-9-15(10-23-11-16)21(27)25-12-17(20(26)13-25)8-14-6-7-24-19-5-3-2-4-18(14)19/h2-7,9-11,17,20,26H,8,12-13H2,1H3/t17-,20+/m1/s1. The fraction of sp³-hybridized carbons (Fsp3) is 0.273. The highest BCUT2D eigenvalue weighted by Gasteiger charge is 2.35. The van der Waals surface area contributed by atoms with Gasteiger partial charge in [0.15, 0.2) is 0 Å². The van der Waals surface area contributed by atoms with E-state index in [-0.39, 0.29) is 23.9 Å². The molecule has 0 unspecified atom stereocenters. The number of hydrogen-bond acceptors (Lipinski definition) is 6. The number of para-hydroxylation sites is 1. The Morgan fingerprint density at radius 2 is 1.97 bits per heavy atom. The number of pyridine rings is 2. The van der Waals surface area contributed by atoms with E-state index >= 15 is 0 Å². The zero-order chi connectivity index (χ0) is 20.4. The van der Waals surface area contributed by atoms with E-state index in [1.807, 2.05) is 30.3 Å². The number of likely N-dealkylation sites (tertiary alicyclic amines) is 1. The lowest BCUT2D eigenvalue weighted by atomic mass is 9.94. The van der Waals surface area contributed by atoms with E-state index in [1.165, 1.54) is 25.6 Å². The number of amides is 1. The fourth-order valence-corrected chi connectivity index (χ4v) is 3.81. The molecule has 3 aromatic rings. The summed E-state index contributed by atoms with van der Waals surface area (Å²) in [6.45, 7) is 0.675. The summed E-state index contributed by atoms with van der Waals surface area (Å²) in [5.41, 5.74) is 2.53. The van der Waals surface area contributed by atoms with Crippen LogP contribution < -0.4 is 0 Å². The molecule has 1 aliphatic rings. The predicted octanol–water partition coefficient (Wildman–Crippen LogP) is 2.09. The first-order valence-electron chi connectivity index (χ1n) is 9.40. The number of β-amino-alcohol motifs (C(OH)–C–C–N with tert-alkyl or cyclic N) is 1. The second-order valence-electron chi connectivity index (χ2n) is 7.18. The molecule has 1 aliphatic heterocycles. The van der Waals surface area contributed by atoms with Gasteiger partial charge in [0.25, 0.3) is 5.91 Å². The minimum atomic E-state index is -0.623. The molecule has 0 radical (unpaired) electrons. The van der Waals surface area contributed by atoms with Crippen LogP contribution in [0.5, 0.6) is 0 Å². The molecule has 148 valence electrons. The lowest BCUT2D eigenvalue weighted by Crippen LogP contribution is -2.30. The van der Waals surface area contributed by atoms with Crippen molar-refractivity contribution in [3.8, 4) is 0 Å². The smallest absolute Gasteiger partial charge is 0.339 e. The topological polar surface area (TPSA) is 92.6 Å². The molecule has 29 heavy (non-hydrogen) atoms. The van der Waals surface area contributed by atoms with Crippen molar-refractivity contribution in [2.45, 2.75) is 12.5 Å². The number of ether oxygens (including phenoxy) is 1. The Bertz CT molecular complexity index is 1060. The van der Waals surface area contributed by atoms with Crippen molar-refractivity contribution >= 4 is 22.8 Å². The Morgan fingerprint density at radius 3 is 2.79 bits per heavy atom. The fourth-order valence-electron chi connectivity index (χ4n) is 3.81. The lowest BCUT2D eigenvalue weighted by molar-refractivity contribution is 0.0600. The normalized spacial score (nSPS) is 18.8. The SMILES string of the molecule is COC(=O)c1cncc(C(=O)N2C[C@@H](Cc3ccnc4ccccc34)[C@@H](O)C2)c1. The highest BCUT2D eigenvalue weighted by molar-refractivity contribution is 5.97. The number of aliphatic hydroxyl groups is 1. The number of rotatable bonds is 4. The Labute approximate surface area is 168 Å².